The Bertz CT molecular complexity index is 572. The van der Waals surface area contributed by atoms with Gasteiger partial charge in [-0.3, -0.25) is 0 Å². The van der Waals surface area contributed by atoms with Crippen LogP contribution in [0.3, 0.4) is 0 Å². The largest absolute Gasteiger partial charge is 0.489 e. The van der Waals surface area contributed by atoms with Gasteiger partial charge in [-0.2, -0.15) is 0 Å². The summed E-state index contributed by atoms with van der Waals surface area (Å²) in [5.74, 6) is 0.170. The molecular formula is C15H15BrFNO. The molecule has 0 bridgehead atoms. The topological polar surface area (TPSA) is 35.2 Å². The molecule has 0 fully saturated rings. The maximum Gasteiger partial charge on any atom is 0.131 e. The minimum Gasteiger partial charge on any atom is -0.489 e. The lowest BCUT2D eigenvalue weighted by Crippen LogP contribution is -2.07. The van der Waals surface area contributed by atoms with Gasteiger partial charge < -0.3 is 10.5 Å². The summed E-state index contributed by atoms with van der Waals surface area (Å²) in [5.41, 5.74) is 7.17. The van der Waals surface area contributed by atoms with Gasteiger partial charge in [0.05, 0.1) is 0 Å². The van der Waals surface area contributed by atoms with Crippen molar-refractivity contribution in [3.8, 4) is 5.75 Å². The number of ether oxygens (including phenoxy) is 1. The van der Waals surface area contributed by atoms with Crippen molar-refractivity contribution in [3.05, 3.63) is 63.9 Å². The summed E-state index contributed by atoms with van der Waals surface area (Å²) < 4.78 is 20.3. The zero-order valence-electron chi connectivity index (χ0n) is 10.6. The number of hydrogen-bond acceptors (Lipinski definition) is 2. The van der Waals surface area contributed by atoms with Gasteiger partial charge in [-0.05, 0) is 30.7 Å². The Morgan fingerprint density at radius 1 is 1.26 bits per heavy atom. The monoisotopic (exact) mass is 323 g/mol. The van der Waals surface area contributed by atoms with Gasteiger partial charge in [0.1, 0.15) is 18.2 Å². The molecule has 1 atom stereocenters. The number of hydrogen-bond donors (Lipinski definition) is 1. The molecule has 2 nitrogen and oxygen atoms in total. The first-order valence-corrected chi connectivity index (χ1v) is 6.78. The van der Waals surface area contributed by atoms with Crippen LogP contribution in [-0.4, -0.2) is 0 Å². The van der Waals surface area contributed by atoms with Gasteiger partial charge in [0, 0.05) is 22.1 Å². The molecule has 0 saturated heterocycles. The summed E-state index contributed by atoms with van der Waals surface area (Å²) in [6.07, 6.45) is 0. The quantitative estimate of drug-likeness (QED) is 0.915. The Balaban J connectivity index is 2.06. The fraction of sp³-hybridized carbons (Fsp3) is 0.200. The summed E-state index contributed by atoms with van der Waals surface area (Å²) >= 11 is 3.40. The molecule has 2 aromatic rings. The van der Waals surface area contributed by atoms with E-state index in [1.165, 1.54) is 6.07 Å². The third-order valence-electron chi connectivity index (χ3n) is 2.76. The second-order valence-corrected chi connectivity index (χ2v) is 5.31. The maximum atomic E-state index is 13.7. The van der Waals surface area contributed by atoms with Crippen LogP contribution < -0.4 is 10.5 Å². The highest BCUT2D eigenvalue weighted by Gasteiger charge is 2.08. The third kappa shape index (κ3) is 3.78. The Hall–Kier alpha value is -1.39. The summed E-state index contributed by atoms with van der Waals surface area (Å²) in [5, 5.41) is 0. The van der Waals surface area contributed by atoms with Crippen molar-refractivity contribution in [2.24, 2.45) is 5.73 Å². The van der Waals surface area contributed by atoms with E-state index in [9.17, 15) is 4.39 Å². The van der Waals surface area contributed by atoms with Gasteiger partial charge in [0.15, 0.2) is 0 Å². The molecule has 0 unspecified atom stereocenters. The van der Waals surface area contributed by atoms with E-state index in [1.807, 2.05) is 24.3 Å². The molecule has 2 aromatic carbocycles. The second kappa shape index (κ2) is 6.17. The summed E-state index contributed by atoms with van der Waals surface area (Å²) in [4.78, 5) is 0. The highest BCUT2D eigenvalue weighted by atomic mass is 79.9. The van der Waals surface area contributed by atoms with Crippen LogP contribution in [0.2, 0.25) is 0 Å². The van der Waals surface area contributed by atoms with Crippen molar-refractivity contribution >= 4 is 15.9 Å². The Labute approximate surface area is 120 Å². The van der Waals surface area contributed by atoms with Crippen molar-refractivity contribution < 1.29 is 9.13 Å². The van der Waals surface area contributed by atoms with Crippen LogP contribution in [0.15, 0.2) is 46.9 Å². The molecule has 0 amide bonds. The normalized spacial score (nSPS) is 12.2. The van der Waals surface area contributed by atoms with Crippen molar-refractivity contribution in [1.29, 1.82) is 0 Å². The molecule has 0 spiro atoms. The standard InChI is InChI=1S/C15H15BrFNO/c1-10(18)14-6-5-13(8-15(14)17)19-9-11-3-2-4-12(16)7-11/h2-8,10H,9,18H2,1H3/t10-/m1/s1. The Morgan fingerprint density at radius 2 is 2.05 bits per heavy atom. The van der Waals surface area contributed by atoms with Gasteiger partial charge in [-0.25, -0.2) is 4.39 Å². The van der Waals surface area contributed by atoms with Crippen LogP contribution in [0.1, 0.15) is 24.1 Å². The van der Waals surface area contributed by atoms with E-state index in [-0.39, 0.29) is 11.9 Å². The minimum absolute atomic E-state index is 0.320. The van der Waals surface area contributed by atoms with Gasteiger partial charge >= 0.3 is 0 Å². The van der Waals surface area contributed by atoms with Crippen molar-refractivity contribution in [1.82, 2.24) is 0 Å². The van der Waals surface area contributed by atoms with Crippen LogP contribution in [-0.2, 0) is 6.61 Å². The molecule has 0 aromatic heterocycles. The van der Waals surface area contributed by atoms with Crippen LogP contribution in [0, 0.1) is 5.82 Å². The summed E-state index contributed by atoms with van der Waals surface area (Å²) in [7, 11) is 0. The molecule has 0 aliphatic rings. The zero-order valence-corrected chi connectivity index (χ0v) is 12.2. The van der Waals surface area contributed by atoms with Gasteiger partial charge in [-0.1, -0.05) is 34.1 Å². The molecular weight excluding hydrogens is 309 g/mol. The second-order valence-electron chi connectivity index (χ2n) is 4.39. The number of rotatable bonds is 4. The average Bonchev–Trinajstić information content (AvgIpc) is 2.36. The molecule has 0 aliphatic heterocycles. The van der Waals surface area contributed by atoms with Crippen molar-refractivity contribution in [3.63, 3.8) is 0 Å². The summed E-state index contributed by atoms with van der Waals surface area (Å²) in [6, 6.07) is 12.2. The minimum atomic E-state index is -0.332. The fourth-order valence-corrected chi connectivity index (χ4v) is 2.21. The van der Waals surface area contributed by atoms with E-state index in [1.54, 1.807) is 19.1 Å². The molecule has 2 rings (SSSR count). The van der Waals surface area contributed by atoms with E-state index in [0.717, 1.165) is 10.0 Å². The fourth-order valence-electron chi connectivity index (χ4n) is 1.76. The highest BCUT2D eigenvalue weighted by molar-refractivity contribution is 9.10. The third-order valence-corrected chi connectivity index (χ3v) is 3.25. The highest BCUT2D eigenvalue weighted by Crippen LogP contribution is 2.21. The van der Waals surface area contributed by atoms with Crippen LogP contribution in [0.4, 0.5) is 4.39 Å². The first-order chi connectivity index (χ1) is 9.06. The van der Waals surface area contributed by atoms with Crippen LogP contribution >= 0.6 is 15.9 Å². The van der Waals surface area contributed by atoms with Gasteiger partial charge in [-0.15, -0.1) is 0 Å². The van der Waals surface area contributed by atoms with Gasteiger partial charge in [0.25, 0.3) is 0 Å². The number of nitrogens with two attached hydrogens (primary N) is 1. The molecule has 100 valence electrons. The Kier molecular flexibility index (Phi) is 4.56. The smallest absolute Gasteiger partial charge is 0.131 e. The molecule has 2 N–H and O–H groups in total. The van der Waals surface area contributed by atoms with Gasteiger partial charge in [0.2, 0.25) is 0 Å². The molecule has 0 aliphatic carbocycles. The van der Waals surface area contributed by atoms with E-state index in [2.05, 4.69) is 15.9 Å². The SMILES string of the molecule is C[C@@H](N)c1ccc(OCc2cccc(Br)c2)cc1F. The van der Waals surface area contributed by atoms with Crippen LogP contribution in [0.25, 0.3) is 0 Å². The van der Waals surface area contributed by atoms with E-state index in [4.69, 9.17) is 10.5 Å². The van der Waals surface area contributed by atoms with E-state index < -0.39 is 0 Å². The van der Waals surface area contributed by atoms with Crippen molar-refractivity contribution in [2.45, 2.75) is 19.6 Å². The maximum absolute atomic E-state index is 13.7. The zero-order chi connectivity index (χ0) is 13.8. The first-order valence-electron chi connectivity index (χ1n) is 5.98. The predicted molar refractivity (Wildman–Crippen MR) is 77.5 cm³/mol. The molecule has 4 heteroatoms. The van der Waals surface area contributed by atoms with E-state index >= 15 is 0 Å². The lowest BCUT2D eigenvalue weighted by molar-refractivity contribution is 0.304. The van der Waals surface area contributed by atoms with Crippen LogP contribution in [0.5, 0.6) is 5.75 Å². The predicted octanol–water partition coefficient (Wildman–Crippen LogP) is 4.19. The number of halogens is 2. The molecule has 19 heavy (non-hydrogen) atoms. The lowest BCUT2D eigenvalue weighted by atomic mass is 10.1. The first kappa shape index (κ1) is 14.0. The molecule has 0 saturated carbocycles. The lowest BCUT2D eigenvalue weighted by Gasteiger charge is -2.10. The van der Waals surface area contributed by atoms with E-state index in [0.29, 0.717) is 17.9 Å². The Morgan fingerprint density at radius 3 is 2.68 bits per heavy atom. The number of benzene rings is 2. The average molecular weight is 324 g/mol. The summed E-state index contributed by atoms with van der Waals surface area (Å²) in [6.45, 7) is 2.15. The molecule has 0 heterocycles. The molecule has 0 radical (unpaired) electrons. The van der Waals surface area contributed by atoms with Crippen molar-refractivity contribution in [2.75, 3.05) is 0 Å².